The summed E-state index contributed by atoms with van der Waals surface area (Å²) >= 11 is 0. The Hall–Kier alpha value is -3.02. The van der Waals surface area contributed by atoms with Gasteiger partial charge in [0.1, 0.15) is 17.9 Å². The van der Waals surface area contributed by atoms with Gasteiger partial charge in [0.25, 0.3) is 0 Å². The molecule has 11 heteroatoms. The van der Waals surface area contributed by atoms with Crippen LogP contribution in [-0.2, 0) is 37.2 Å². The van der Waals surface area contributed by atoms with Crippen LogP contribution < -0.4 is 10.6 Å². The van der Waals surface area contributed by atoms with Gasteiger partial charge in [0.15, 0.2) is 0 Å². The van der Waals surface area contributed by atoms with Gasteiger partial charge in [-0.1, -0.05) is 30.7 Å². The maximum atomic E-state index is 13.2. The number of nitrogens with one attached hydrogen (secondary N) is 2. The van der Waals surface area contributed by atoms with E-state index < -0.39 is 34.0 Å². The van der Waals surface area contributed by atoms with E-state index in [0.29, 0.717) is 25.2 Å². The fraction of sp³-hybridized carbons (Fsp3) is 0.567. The number of aliphatic carboxylic acids is 1. The zero-order valence-corrected chi connectivity index (χ0v) is 24.2. The number of carboxylic acids is 1. The highest BCUT2D eigenvalue weighted by atomic mass is 32.2. The van der Waals surface area contributed by atoms with E-state index in [4.69, 9.17) is 9.72 Å². The molecule has 1 aliphatic carbocycles. The van der Waals surface area contributed by atoms with Crippen molar-refractivity contribution in [2.45, 2.75) is 87.3 Å². The molecule has 1 aromatic heterocycles. The molecule has 41 heavy (non-hydrogen) atoms. The highest BCUT2D eigenvalue weighted by molar-refractivity contribution is 7.89. The van der Waals surface area contributed by atoms with Gasteiger partial charge in [-0.05, 0) is 81.0 Å². The van der Waals surface area contributed by atoms with Crippen LogP contribution in [0.15, 0.2) is 47.4 Å². The third-order valence-electron chi connectivity index (χ3n) is 8.43. The number of carbonyl (C=O) groups is 2. The molecular formula is C30H40N4O6S. The van der Waals surface area contributed by atoms with Crippen molar-refractivity contribution in [3.05, 3.63) is 53.7 Å². The van der Waals surface area contributed by atoms with E-state index in [1.54, 1.807) is 18.2 Å². The fourth-order valence-corrected chi connectivity index (χ4v) is 7.64. The second kappa shape index (κ2) is 13.3. The Kier molecular flexibility index (Phi) is 9.57. The van der Waals surface area contributed by atoms with Crippen molar-refractivity contribution in [2.24, 2.45) is 5.92 Å². The van der Waals surface area contributed by atoms with Crippen molar-refractivity contribution in [2.75, 3.05) is 25.0 Å². The summed E-state index contributed by atoms with van der Waals surface area (Å²) in [7, 11) is -3.88. The first-order valence-corrected chi connectivity index (χ1v) is 16.2. The van der Waals surface area contributed by atoms with E-state index in [2.05, 4.69) is 22.8 Å². The normalized spacial score (nSPS) is 23.5. The SMILES string of the molecule is O=C(O)C(CCOC1CC(CCc2ccc3c(n2)NCCC3)C1)NC(=O)C1CCCCN1S(=O)(=O)c1ccccc1. The predicted octanol–water partition coefficient (Wildman–Crippen LogP) is 3.37. The van der Waals surface area contributed by atoms with Crippen molar-refractivity contribution in [3.63, 3.8) is 0 Å². The van der Waals surface area contributed by atoms with E-state index in [0.717, 1.165) is 56.6 Å². The van der Waals surface area contributed by atoms with Gasteiger partial charge in [0.2, 0.25) is 15.9 Å². The minimum absolute atomic E-state index is 0.0909. The summed E-state index contributed by atoms with van der Waals surface area (Å²) in [5.74, 6) is -0.151. The van der Waals surface area contributed by atoms with Crippen LogP contribution in [0.3, 0.4) is 0 Å². The van der Waals surface area contributed by atoms with Gasteiger partial charge >= 0.3 is 5.97 Å². The van der Waals surface area contributed by atoms with Crippen molar-refractivity contribution < 1.29 is 27.9 Å². The largest absolute Gasteiger partial charge is 0.480 e. The number of rotatable bonds is 12. The number of aromatic nitrogens is 1. The maximum absolute atomic E-state index is 13.2. The zero-order chi connectivity index (χ0) is 28.8. The van der Waals surface area contributed by atoms with Gasteiger partial charge < -0.3 is 20.5 Å². The molecule has 2 aromatic rings. The molecular weight excluding hydrogens is 544 g/mol. The van der Waals surface area contributed by atoms with E-state index in [9.17, 15) is 23.1 Å². The van der Waals surface area contributed by atoms with Crippen LogP contribution >= 0.6 is 0 Å². The number of nitrogens with zero attached hydrogens (tertiary/aromatic N) is 2. The van der Waals surface area contributed by atoms with Crippen LogP contribution in [0.4, 0.5) is 5.82 Å². The summed E-state index contributed by atoms with van der Waals surface area (Å²) < 4.78 is 33.6. The lowest BCUT2D eigenvalue weighted by atomic mass is 9.79. The fourth-order valence-electron chi connectivity index (χ4n) is 5.97. The predicted molar refractivity (Wildman–Crippen MR) is 154 cm³/mol. The van der Waals surface area contributed by atoms with Gasteiger partial charge in [0, 0.05) is 31.8 Å². The number of benzene rings is 1. The molecule has 2 fully saturated rings. The standard InChI is InChI=1S/C30H40N4O6S/c35-29(27-10-4-5-17-34(27)41(38,39)25-8-2-1-3-9-25)33-26(30(36)37)15-18-40-24-19-21(20-24)11-13-23-14-12-22-7-6-16-31-28(22)32-23/h1-3,8-9,12,14,21,24,26-27H,4-7,10-11,13,15-20H2,(H,31,32)(H,33,35)(H,36,37). The molecule has 2 aliphatic heterocycles. The van der Waals surface area contributed by atoms with Crippen molar-refractivity contribution >= 4 is 27.7 Å². The Morgan fingerprint density at radius 1 is 1.12 bits per heavy atom. The maximum Gasteiger partial charge on any atom is 0.326 e. The lowest BCUT2D eigenvalue weighted by Crippen LogP contribution is -2.55. The van der Waals surface area contributed by atoms with Crippen molar-refractivity contribution in [3.8, 4) is 0 Å². The van der Waals surface area contributed by atoms with Crippen LogP contribution in [-0.4, -0.2) is 72.6 Å². The lowest BCUT2D eigenvalue weighted by molar-refractivity contribution is -0.143. The molecule has 5 rings (SSSR count). The van der Waals surface area contributed by atoms with E-state index >= 15 is 0 Å². The number of piperidine rings is 1. The molecule has 1 amide bonds. The first-order chi connectivity index (χ1) is 19.8. The monoisotopic (exact) mass is 584 g/mol. The summed E-state index contributed by atoms with van der Waals surface area (Å²) in [6.45, 7) is 1.41. The topological polar surface area (TPSA) is 138 Å². The Balaban J connectivity index is 1.06. The van der Waals surface area contributed by atoms with E-state index in [1.807, 2.05) is 0 Å². The summed E-state index contributed by atoms with van der Waals surface area (Å²) in [5, 5.41) is 15.7. The molecule has 10 nitrogen and oxygen atoms in total. The number of carboxylic acid groups (broad SMARTS) is 1. The molecule has 2 unspecified atom stereocenters. The Morgan fingerprint density at radius 3 is 2.71 bits per heavy atom. The number of fused-ring (bicyclic) bond motifs is 1. The Morgan fingerprint density at radius 2 is 1.93 bits per heavy atom. The number of ether oxygens (including phenoxy) is 1. The second-order valence-corrected chi connectivity index (χ2v) is 13.2. The van der Waals surface area contributed by atoms with Crippen LogP contribution in [0.5, 0.6) is 0 Å². The molecule has 0 radical (unpaired) electrons. The molecule has 1 saturated heterocycles. The van der Waals surface area contributed by atoms with Gasteiger partial charge in [-0.15, -0.1) is 0 Å². The molecule has 3 heterocycles. The van der Waals surface area contributed by atoms with Crippen molar-refractivity contribution in [1.82, 2.24) is 14.6 Å². The number of anilines is 1. The van der Waals surface area contributed by atoms with Gasteiger partial charge in [-0.3, -0.25) is 4.79 Å². The van der Waals surface area contributed by atoms with Gasteiger partial charge in [-0.2, -0.15) is 4.31 Å². The quantitative estimate of drug-likeness (QED) is 0.345. The minimum Gasteiger partial charge on any atom is -0.480 e. The van der Waals surface area contributed by atoms with Crippen LogP contribution in [0, 0.1) is 5.92 Å². The highest BCUT2D eigenvalue weighted by Crippen LogP contribution is 2.34. The number of aryl methyl sites for hydroxylation is 2. The minimum atomic E-state index is -3.88. The number of hydrogen-bond acceptors (Lipinski definition) is 7. The van der Waals surface area contributed by atoms with Crippen LogP contribution in [0.1, 0.15) is 62.6 Å². The second-order valence-electron chi connectivity index (χ2n) is 11.3. The summed E-state index contributed by atoms with van der Waals surface area (Å²) in [4.78, 5) is 30.0. The van der Waals surface area contributed by atoms with Gasteiger partial charge in [-0.25, -0.2) is 18.2 Å². The number of amides is 1. The molecule has 3 aliphatic rings. The number of hydrogen-bond donors (Lipinski definition) is 3. The average molecular weight is 585 g/mol. The first-order valence-electron chi connectivity index (χ1n) is 14.8. The Bertz CT molecular complexity index is 1320. The smallest absolute Gasteiger partial charge is 0.326 e. The third kappa shape index (κ3) is 7.25. The van der Waals surface area contributed by atoms with Crippen molar-refractivity contribution in [1.29, 1.82) is 0 Å². The molecule has 1 aromatic carbocycles. The van der Waals surface area contributed by atoms with Crippen LogP contribution in [0.2, 0.25) is 0 Å². The van der Waals surface area contributed by atoms with Gasteiger partial charge in [0.05, 0.1) is 11.0 Å². The summed E-state index contributed by atoms with van der Waals surface area (Å²) in [6.07, 6.45) is 7.97. The Labute approximate surface area is 241 Å². The van der Waals surface area contributed by atoms with Crippen LogP contribution in [0.25, 0.3) is 0 Å². The van der Waals surface area contributed by atoms with E-state index in [-0.39, 0.29) is 30.6 Å². The lowest BCUT2D eigenvalue weighted by Gasteiger charge is -2.36. The highest BCUT2D eigenvalue weighted by Gasteiger charge is 2.39. The molecule has 222 valence electrons. The molecule has 0 bridgehead atoms. The molecule has 0 spiro atoms. The number of pyridine rings is 1. The summed E-state index contributed by atoms with van der Waals surface area (Å²) in [5.41, 5.74) is 2.40. The molecule has 3 N–H and O–H groups in total. The number of sulfonamides is 1. The average Bonchev–Trinajstić information content (AvgIpc) is 2.97. The third-order valence-corrected chi connectivity index (χ3v) is 10.4. The summed E-state index contributed by atoms with van der Waals surface area (Å²) in [6, 6.07) is 10.2. The van der Waals surface area contributed by atoms with E-state index in [1.165, 1.54) is 22.0 Å². The molecule has 2 atom stereocenters. The first kappa shape index (κ1) is 29.5. The zero-order valence-electron chi connectivity index (χ0n) is 23.3. The molecule has 1 saturated carbocycles. The number of carbonyl (C=O) groups excluding carboxylic acids is 1.